The minimum Gasteiger partial charge on any atom is -0.508 e. The van der Waals surface area contributed by atoms with Crippen molar-refractivity contribution in [3.05, 3.63) is 41.8 Å². The standard InChI is InChI=1S/C18H19FN2OS/c1-4-10(2)11(3)13-6-5-12(9-15(13)22)17-20-14-7-8-16(19)21-18(14)23-17/h5-11,22H,4H2,1-3H3. The van der Waals surface area contributed by atoms with Gasteiger partial charge in [-0.25, -0.2) is 9.97 Å². The van der Waals surface area contributed by atoms with Gasteiger partial charge in [-0.15, -0.1) is 0 Å². The Balaban J connectivity index is 1.98. The molecule has 0 radical (unpaired) electrons. The first kappa shape index (κ1) is 15.9. The number of aromatic nitrogens is 2. The summed E-state index contributed by atoms with van der Waals surface area (Å²) in [5, 5.41) is 11.1. The maximum atomic E-state index is 13.2. The van der Waals surface area contributed by atoms with Crippen LogP contribution in [-0.4, -0.2) is 15.1 Å². The van der Waals surface area contributed by atoms with E-state index in [1.165, 1.54) is 17.4 Å². The van der Waals surface area contributed by atoms with E-state index in [9.17, 15) is 9.50 Å². The van der Waals surface area contributed by atoms with Gasteiger partial charge in [-0.3, -0.25) is 0 Å². The minimum atomic E-state index is -0.506. The predicted octanol–water partition coefficient (Wildman–Crippen LogP) is 5.35. The number of hydrogen-bond acceptors (Lipinski definition) is 4. The van der Waals surface area contributed by atoms with Crippen LogP contribution in [0.15, 0.2) is 30.3 Å². The van der Waals surface area contributed by atoms with Gasteiger partial charge in [0.15, 0.2) is 0 Å². The summed E-state index contributed by atoms with van der Waals surface area (Å²) in [6, 6.07) is 8.59. The molecular weight excluding hydrogens is 311 g/mol. The number of pyridine rings is 1. The smallest absolute Gasteiger partial charge is 0.214 e. The summed E-state index contributed by atoms with van der Waals surface area (Å²) >= 11 is 1.32. The van der Waals surface area contributed by atoms with Gasteiger partial charge in [0, 0.05) is 5.56 Å². The van der Waals surface area contributed by atoms with Gasteiger partial charge in [0.05, 0.1) is 0 Å². The quantitative estimate of drug-likeness (QED) is 0.656. The number of aromatic hydroxyl groups is 1. The number of phenols is 1. The number of rotatable bonds is 4. The number of hydrogen-bond donors (Lipinski definition) is 1. The highest BCUT2D eigenvalue weighted by Gasteiger charge is 2.17. The second kappa shape index (κ2) is 6.24. The molecule has 120 valence electrons. The molecule has 0 bridgehead atoms. The van der Waals surface area contributed by atoms with Crippen LogP contribution in [0.25, 0.3) is 20.9 Å². The topological polar surface area (TPSA) is 46.0 Å². The highest BCUT2D eigenvalue weighted by Crippen LogP contribution is 2.37. The minimum absolute atomic E-state index is 0.286. The first-order valence-electron chi connectivity index (χ1n) is 7.76. The summed E-state index contributed by atoms with van der Waals surface area (Å²) in [6.45, 7) is 6.47. The average Bonchev–Trinajstić information content (AvgIpc) is 2.96. The molecule has 1 N–H and O–H groups in total. The van der Waals surface area contributed by atoms with Gasteiger partial charge in [-0.2, -0.15) is 4.39 Å². The zero-order valence-corrected chi connectivity index (χ0v) is 14.2. The van der Waals surface area contributed by atoms with E-state index < -0.39 is 5.95 Å². The molecule has 2 atom stereocenters. The van der Waals surface area contributed by atoms with Crippen molar-refractivity contribution >= 4 is 21.7 Å². The van der Waals surface area contributed by atoms with Crippen LogP contribution in [0.4, 0.5) is 4.39 Å². The molecule has 0 saturated heterocycles. The Kier molecular flexibility index (Phi) is 4.31. The van der Waals surface area contributed by atoms with Gasteiger partial charge in [-0.1, -0.05) is 50.7 Å². The van der Waals surface area contributed by atoms with Crippen LogP contribution in [0.5, 0.6) is 5.75 Å². The van der Waals surface area contributed by atoms with E-state index in [2.05, 4.69) is 30.7 Å². The van der Waals surface area contributed by atoms with Crippen molar-refractivity contribution in [2.75, 3.05) is 0 Å². The first-order valence-corrected chi connectivity index (χ1v) is 8.57. The average molecular weight is 330 g/mol. The molecule has 0 amide bonds. The fourth-order valence-corrected chi connectivity index (χ4v) is 3.56. The lowest BCUT2D eigenvalue weighted by Crippen LogP contribution is -2.05. The Morgan fingerprint density at radius 1 is 1.17 bits per heavy atom. The van der Waals surface area contributed by atoms with Gasteiger partial charge in [0.2, 0.25) is 5.95 Å². The molecule has 3 nitrogen and oxygen atoms in total. The lowest BCUT2D eigenvalue weighted by atomic mass is 9.86. The summed E-state index contributed by atoms with van der Waals surface area (Å²) in [6.07, 6.45) is 1.07. The molecule has 0 spiro atoms. The van der Waals surface area contributed by atoms with Crippen LogP contribution in [0.3, 0.4) is 0 Å². The molecule has 5 heteroatoms. The van der Waals surface area contributed by atoms with E-state index in [4.69, 9.17) is 0 Å². The summed E-state index contributed by atoms with van der Waals surface area (Å²) in [7, 11) is 0. The van der Waals surface area contributed by atoms with E-state index >= 15 is 0 Å². The molecule has 0 aliphatic carbocycles. The fourth-order valence-electron chi connectivity index (χ4n) is 2.64. The summed E-state index contributed by atoms with van der Waals surface area (Å²) < 4.78 is 13.2. The molecule has 0 fully saturated rings. The zero-order valence-electron chi connectivity index (χ0n) is 13.4. The van der Waals surface area contributed by atoms with E-state index in [1.807, 2.05) is 12.1 Å². The third-order valence-corrected chi connectivity index (χ3v) is 5.50. The highest BCUT2D eigenvalue weighted by molar-refractivity contribution is 7.21. The van der Waals surface area contributed by atoms with Crippen molar-refractivity contribution in [2.45, 2.75) is 33.1 Å². The molecule has 1 aromatic carbocycles. The van der Waals surface area contributed by atoms with E-state index in [0.717, 1.165) is 22.6 Å². The van der Waals surface area contributed by atoms with E-state index in [-0.39, 0.29) is 5.75 Å². The summed E-state index contributed by atoms with van der Waals surface area (Å²) in [5.74, 6) is 0.573. The molecule has 2 heterocycles. The number of fused-ring (bicyclic) bond motifs is 1. The Bertz CT molecular complexity index is 846. The SMILES string of the molecule is CCC(C)C(C)c1ccc(-c2nc3ccc(F)nc3s2)cc1O. The second-order valence-corrected chi connectivity index (χ2v) is 6.90. The zero-order chi connectivity index (χ0) is 16.6. The Labute approximate surface area is 138 Å². The lowest BCUT2D eigenvalue weighted by molar-refractivity contribution is 0.428. The van der Waals surface area contributed by atoms with Gasteiger partial charge < -0.3 is 5.11 Å². The van der Waals surface area contributed by atoms with Crippen LogP contribution in [0, 0.1) is 11.9 Å². The number of halogens is 1. The van der Waals surface area contributed by atoms with Crippen molar-refractivity contribution < 1.29 is 9.50 Å². The van der Waals surface area contributed by atoms with Gasteiger partial charge >= 0.3 is 0 Å². The summed E-state index contributed by atoms with van der Waals surface area (Å²) in [5.41, 5.74) is 2.45. The Hall–Kier alpha value is -2.01. The molecule has 2 unspecified atom stereocenters. The van der Waals surface area contributed by atoms with Crippen molar-refractivity contribution in [1.29, 1.82) is 0 Å². The van der Waals surface area contributed by atoms with Crippen LogP contribution in [0.1, 0.15) is 38.7 Å². The number of benzene rings is 1. The molecule has 0 saturated carbocycles. The lowest BCUT2D eigenvalue weighted by Gasteiger charge is -2.20. The highest BCUT2D eigenvalue weighted by atomic mass is 32.1. The number of thiazole rings is 1. The normalized spacial score (nSPS) is 14.1. The van der Waals surface area contributed by atoms with Crippen molar-refractivity contribution in [3.63, 3.8) is 0 Å². The molecule has 0 aliphatic heterocycles. The Morgan fingerprint density at radius 3 is 2.65 bits per heavy atom. The molecule has 2 aromatic heterocycles. The van der Waals surface area contributed by atoms with Crippen molar-refractivity contribution in [2.24, 2.45) is 5.92 Å². The third-order valence-electron chi connectivity index (χ3n) is 4.49. The fraction of sp³-hybridized carbons (Fsp3) is 0.333. The second-order valence-electron chi connectivity index (χ2n) is 5.93. The van der Waals surface area contributed by atoms with E-state index in [0.29, 0.717) is 22.2 Å². The molecule has 3 aromatic rings. The molecule has 3 rings (SSSR count). The summed E-state index contributed by atoms with van der Waals surface area (Å²) in [4.78, 5) is 8.89. The van der Waals surface area contributed by atoms with Crippen LogP contribution >= 0.6 is 11.3 Å². The maximum absolute atomic E-state index is 13.2. The first-order chi connectivity index (χ1) is 11.0. The largest absolute Gasteiger partial charge is 0.508 e. The predicted molar refractivity (Wildman–Crippen MR) is 92.3 cm³/mol. The number of phenolic OH excluding ortho intramolecular Hbond substituents is 1. The molecule has 23 heavy (non-hydrogen) atoms. The van der Waals surface area contributed by atoms with Crippen molar-refractivity contribution in [1.82, 2.24) is 9.97 Å². The molecular formula is C18H19FN2OS. The Morgan fingerprint density at radius 2 is 1.96 bits per heavy atom. The van der Waals surface area contributed by atoms with Gasteiger partial charge in [-0.05, 0) is 35.6 Å². The van der Waals surface area contributed by atoms with Crippen LogP contribution in [0.2, 0.25) is 0 Å². The van der Waals surface area contributed by atoms with Crippen LogP contribution in [-0.2, 0) is 0 Å². The monoisotopic (exact) mass is 330 g/mol. The van der Waals surface area contributed by atoms with Crippen LogP contribution < -0.4 is 0 Å². The van der Waals surface area contributed by atoms with Crippen molar-refractivity contribution in [3.8, 4) is 16.3 Å². The van der Waals surface area contributed by atoms with Gasteiger partial charge in [0.1, 0.15) is 21.1 Å². The molecule has 0 aliphatic rings. The van der Waals surface area contributed by atoms with Gasteiger partial charge in [0.25, 0.3) is 0 Å². The third kappa shape index (κ3) is 3.06. The van der Waals surface area contributed by atoms with E-state index in [1.54, 1.807) is 12.1 Å². The maximum Gasteiger partial charge on any atom is 0.214 e. The number of nitrogens with zero attached hydrogens (tertiary/aromatic N) is 2.